The van der Waals surface area contributed by atoms with Gasteiger partial charge in [-0.2, -0.15) is 15.0 Å². The van der Waals surface area contributed by atoms with Crippen LogP contribution in [0, 0.1) is 0 Å². The third-order valence-corrected chi connectivity index (χ3v) is 2.77. The topological polar surface area (TPSA) is 64.7 Å². The highest BCUT2D eigenvalue weighted by atomic mass is 35.5. The van der Waals surface area contributed by atoms with Crippen LogP contribution < -0.4 is 5.73 Å². The van der Waals surface area contributed by atoms with Gasteiger partial charge in [-0.05, 0) is 22.6 Å². The Labute approximate surface area is 111 Å². The summed E-state index contributed by atoms with van der Waals surface area (Å²) in [5, 5.41) is 0.112. The molecule has 0 aliphatic rings. The molecule has 2 aromatic rings. The van der Waals surface area contributed by atoms with Gasteiger partial charge in [0, 0.05) is 5.56 Å². The molecule has 0 spiro atoms. The smallest absolute Gasteiger partial charge is 0.227 e. The van der Waals surface area contributed by atoms with Crippen molar-refractivity contribution < 1.29 is 0 Å². The highest BCUT2D eigenvalue weighted by Crippen LogP contribution is 2.31. The molecule has 0 atom stereocenters. The van der Waals surface area contributed by atoms with Gasteiger partial charge in [-0.1, -0.05) is 45.0 Å². The highest BCUT2D eigenvalue weighted by Gasteiger charge is 2.20. The molecule has 0 saturated carbocycles. The van der Waals surface area contributed by atoms with E-state index in [1.54, 1.807) is 0 Å². The van der Waals surface area contributed by atoms with Crippen LogP contribution in [0.3, 0.4) is 0 Å². The molecule has 0 amide bonds. The summed E-state index contributed by atoms with van der Waals surface area (Å²) in [5.74, 6) is 0.645. The fraction of sp³-hybridized carbons (Fsp3) is 0.308. The molecule has 1 heterocycles. The van der Waals surface area contributed by atoms with E-state index in [1.807, 2.05) is 18.2 Å². The van der Waals surface area contributed by atoms with Gasteiger partial charge < -0.3 is 5.73 Å². The summed E-state index contributed by atoms with van der Waals surface area (Å²) < 4.78 is 0. The molecule has 0 bridgehead atoms. The van der Waals surface area contributed by atoms with Gasteiger partial charge in [0.2, 0.25) is 11.2 Å². The summed E-state index contributed by atoms with van der Waals surface area (Å²) in [4.78, 5) is 12.1. The van der Waals surface area contributed by atoms with Gasteiger partial charge in [-0.25, -0.2) is 0 Å². The standard InChI is InChI=1S/C13H15ClN4/c1-13(2,3)9-7-5-4-6-8(9)10-16-11(14)18-12(15)17-10/h4-7H,1-3H3,(H2,15,16,17,18). The Kier molecular flexibility index (Phi) is 3.22. The molecule has 94 valence electrons. The largest absolute Gasteiger partial charge is 0.368 e. The van der Waals surface area contributed by atoms with E-state index in [0.717, 1.165) is 11.1 Å². The number of hydrogen-bond donors (Lipinski definition) is 1. The van der Waals surface area contributed by atoms with Crippen LogP contribution in [0.5, 0.6) is 0 Å². The van der Waals surface area contributed by atoms with Gasteiger partial charge in [0.1, 0.15) is 0 Å². The number of benzene rings is 1. The van der Waals surface area contributed by atoms with E-state index >= 15 is 0 Å². The van der Waals surface area contributed by atoms with E-state index in [1.165, 1.54) is 0 Å². The van der Waals surface area contributed by atoms with Crippen LogP contribution in [0.15, 0.2) is 24.3 Å². The van der Waals surface area contributed by atoms with Crippen molar-refractivity contribution >= 4 is 17.5 Å². The van der Waals surface area contributed by atoms with Gasteiger partial charge in [-0.15, -0.1) is 0 Å². The van der Waals surface area contributed by atoms with Crippen LogP contribution in [0.2, 0.25) is 5.28 Å². The maximum absolute atomic E-state index is 5.82. The highest BCUT2D eigenvalue weighted by molar-refractivity contribution is 6.28. The molecule has 0 radical (unpaired) electrons. The lowest BCUT2D eigenvalue weighted by molar-refractivity contribution is 0.591. The minimum absolute atomic E-state index is 0.00946. The number of rotatable bonds is 1. The number of nitrogen functional groups attached to an aromatic ring is 1. The maximum atomic E-state index is 5.82. The molecular weight excluding hydrogens is 248 g/mol. The molecular formula is C13H15ClN4. The third kappa shape index (κ3) is 2.59. The number of anilines is 1. The molecule has 0 fully saturated rings. The summed E-state index contributed by atoms with van der Waals surface area (Å²) in [6, 6.07) is 7.96. The third-order valence-electron chi connectivity index (χ3n) is 2.60. The molecule has 2 rings (SSSR count). The Bertz CT molecular complexity index is 555. The SMILES string of the molecule is CC(C)(C)c1ccccc1-c1nc(N)nc(Cl)n1. The van der Waals surface area contributed by atoms with Crippen molar-refractivity contribution in [2.45, 2.75) is 26.2 Å². The first-order valence-corrected chi connectivity index (χ1v) is 6.02. The van der Waals surface area contributed by atoms with Crippen LogP contribution in [0.4, 0.5) is 5.95 Å². The van der Waals surface area contributed by atoms with Crippen molar-refractivity contribution in [3.05, 3.63) is 35.1 Å². The summed E-state index contributed by atoms with van der Waals surface area (Å²) >= 11 is 5.82. The molecule has 1 aromatic carbocycles. The van der Waals surface area contributed by atoms with Crippen LogP contribution in [0.25, 0.3) is 11.4 Å². The normalized spacial score (nSPS) is 11.6. The first-order valence-electron chi connectivity index (χ1n) is 5.65. The van der Waals surface area contributed by atoms with E-state index < -0.39 is 0 Å². The van der Waals surface area contributed by atoms with E-state index in [-0.39, 0.29) is 16.6 Å². The zero-order chi connectivity index (χ0) is 13.3. The fourth-order valence-electron chi connectivity index (χ4n) is 1.82. The second-order valence-electron chi connectivity index (χ2n) is 5.08. The average Bonchev–Trinajstić information content (AvgIpc) is 2.26. The molecule has 5 heteroatoms. The Morgan fingerprint density at radius 1 is 1.06 bits per heavy atom. The minimum Gasteiger partial charge on any atom is -0.368 e. The molecule has 18 heavy (non-hydrogen) atoms. The summed E-state index contributed by atoms with van der Waals surface area (Å²) in [7, 11) is 0. The number of nitrogens with zero attached hydrogens (tertiary/aromatic N) is 3. The van der Waals surface area contributed by atoms with Crippen LogP contribution >= 0.6 is 11.6 Å². The summed E-state index contributed by atoms with van der Waals surface area (Å²) in [5.41, 5.74) is 7.68. The predicted molar refractivity (Wildman–Crippen MR) is 73.4 cm³/mol. The Morgan fingerprint density at radius 3 is 2.33 bits per heavy atom. The molecule has 2 N–H and O–H groups in total. The van der Waals surface area contributed by atoms with Crippen molar-refractivity contribution in [1.82, 2.24) is 15.0 Å². The lowest BCUT2D eigenvalue weighted by atomic mass is 9.83. The molecule has 0 aliphatic heterocycles. The maximum Gasteiger partial charge on any atom is 0.227 e. The van der Waals surface area contributed by atoms with Crippen LogP contribution in [-0.4, -0.2) is 15.0 Å². The zero-order valence-corrected chi connectivity index (χ0v) is 11.4. The first-order chi connectivity index (χ1) is 8.38. The average molecular weight is 263 g/mol. The molecule has 4 nitrogen and oxygen atoms in total. The Balaban J connectivity index is 2.64. The van der Waals surface area contributed by atoms with E-state index in [4.69, 9.17) is 17.3 Å². The number of nitrogens with two attached hydrogens (primary N) is 1. The Morgan fingerprint density at radius 2 is 1.72 bits per heavy atom. The summed E-state index contributed by atoms with van der Waals surface area (Å²) in [6.45, 7) is 6.41. The first kappa shape index (κ1) is 12.8. The second-order valence-corrected chi connectivity index (χ2v) is 5.42. The monoisotopic (exact) mass is 262 g/mol. The van der Waals surface area contributed by atoms with Crippen LogP contribution in [-0.2, 0) is 5.41 Å². The van der Waals surface area contributed by atoms with Gasteiger partial charge in [0.25, 0.3) is 0 Å². The number of aromatic nitrogens is 3. The molecule has 0 saturated heterocycles. The van der Waals surface area contributed by atoms with Gasteiger partial charge in [0.15, 0.2) is 5.82 Å². The summed E-state index contributed by atoms with van der Waals surface area (Å²) in [6.07, 6.45) is 0. The zero-order valence-electron chi connectivity index (χ0n) is 10.6. The second kappa shape index (κ2) is 4.53. The Hall–Kier alpha value is -1.68. The molecule has 0 unspecified atom stereocenters. The van der Waals surface area contributed by atoms with Gasteiger partial charge in [0.05, 0.1) is 0 Å². The minimum atomic E-state index is -0.00946. The number of hydrogen-bond acceptors (Lipinski definition) is 4. The lowest BCUT2D eigenvalue weighted by Crippen LogP contribution is -2.13. The molecule has 1 aromatic heterocycles. The lowest BCUT2D eigenvalue weighted by Gasteiger charge is -2.22. The van der Waals surface area contributed by atoms with Crippen molar-refractivity contribution in [1.29, 1.82) is 0 Å². The van der Waals surface area contributed by atoms with E-state index in [2.05, 4.69) is 41.8 Å². The van der Waals surface area contributed by atoms with Crippen molar-refractivity contribution in [2.24, 2.45) is 0 Å². The quantitative estimate of drug-likeness (QED) is 0.858. The van der Waals surface area contributed by atoms with Gasteiger partial charge in [-0.3, -0.25) is 0 Å². The van der Waals surface area contributed by atoms with Crippen molar-refractivity contribution in [3.8, 4) is 11.4 Å². The molecule has 0 aliphatic carbocycles. The number of halogens is 1. The fourth-order valence-corrected chi connectivity index (χ4v) is 1.98. The predicted octanol–water partition coefficient (Wildman–Crippen LogP) is 3.07. The van der Waals surface area contributed by atoms with Gasteiger partial charge >= 0.3 is 0 Å². The van der Waals surface area contributed by atoms with E-state index in [0.29, 0.717) is 5.82 Å². The van der Waals surface area contributed by atoms with E-state index in [9.17, 15) is 0 Å². The van der Waals surface area contributed by atoms with Crippen molar-refractivity contribution in [3.63, 3.8) is 0 Å². The van der Waals surface area contributed by atoms with Crippen molar-refractivity contribution in [2.75, 3.05) is 5.73 Å². The van der Waals surface area contributed by atoms with Crippen LogP contribution in [0.1, 0.15) is 26.3 Å².